The third-order valence-corrected chi connectivity index (χ3v) is 4.34. The second-order valence-electron chi connectivity index (χ2n) is 5.26. The van der Waals surface area contributed by atoms with Crippen molar-refractivity contribution in [1.82, 2.24) is 4.98 Å². The van der Waals surface area contributed by atoms with Crippen molar-refractivity contribution in [3.63, 3.8) is 0 Å². The second kappa shape index (κ2) is 5.48. The minimum atomic E-state index is 0. The van der Waals surface area contributed by atoms with E-state index in [4.69, 9.17) is 0 Å². The molecule has 0 aliphatic rings. The van der Waals surface area contributed by atoms with Crippen LogP contribution in [0.5, 0.6) is 0 Å². The van der Waals surface area contributed by atoms with E-state index in [1.807, 2.05) is 12.3 Å². The van der Waals surface area contributed by atoms with Gasteiger partial charge in [0.1, 0.15) is 0 Å². The van der Waals surface area contributed by atoms with Crippen LogP contribution in [0.25, 0.3) is 22.0 Å². The van der Waals surface area contributed by atoms with Crippen LogP contribution >= 0.6 is 0 Å². The van der Waals surface area contributed by atoms with Gasteiger partial charge in [0.2, 0.25) is 0 Å². The number of pyridine rings is 1. The summed E-state index contributed by atoms with van der Waals surface area (Å²) in [5.74, 6) is 0. The molecule has 0 N–H and O–H groups in total. The first-order valence-corrected chi connectivity index (χ1v) is 6.68. The monoisotopic (exact) mass is 300 g/mol. The molecule has 1 heterocycles. The minimum Gasteiger partial charge on any atom is -0.294 e. The average Bonchev–Trinajstić information content (AvgIpc) is 2.63. The maximum absolute atomic E-state index is 4.58. The number of hydrogen-bond acceptors (Lipinski definition) is 1. The van der Waals surface area contributed by atoms with Crippen LogP contribution in [0.3, 0.4) is 0 Å². The zero-order valence-corrected chi connectivity index (χ0v) is 13.6. The fourth-order valence-electron chi connectivity index (χ4n) is 2.93. The number of nitrogens with zero attached hydrogens (tertiary/aromatic N) is 1. The molecule has 3 rings (SSSR count). The summed E-state index contributed by atoms with van der Waals surface area (Å²) in [4.78, 5) is 4.58. The van der Waals surface area contributed by atoms with Crippen molar-refractivity contribution in [3.05, 3.63) is 58.8 Å². The van der Waals surface area contributed by atoms with Gasteiger partial charge in [-0.25, -0.2) is 0 Å². The standard InChI is InChI=1S/C18H18N.Cr/c1-11-12(2)14(4)17(13(11)3)16-9-5-7-15-8-6-10-19-18(15)16;/h5-10H,1-4H3;/q-1;. The quantitative estimate of drug-likeness (QED) is 0.585. The Morgan fingerprint density at radius 1 is 0.850 bits per heavy atom. The summed E-state index contributed by atoms with van der Waals surface area (Å²) in [6.07, 6.45) is 1.87. The number of benzene rings is 1. The van der Waals surface area contributed by atoms with Crippen molar-refractivity contribution in [2.75, 3.05) is 0 Å². The van der Waals surface area contributed by atoms with Crippen LogP contribution in [-0.4, -0.2) is 4.98 Å². The molecule has 0 aliphatic heterocycles. The molecule has 0 amide bonds. The van der Waals surface area contributed by atoms with Crippen molar-refractivity contribution in [1.29, 1.82) is 0 Å². The van der Waals surface area contributed by atoms with E-state index in [0.717, 1.165) is 5.52 Å². The molecule has 2 aromatic carbocycles. The summed E-state index contributed by atoms with van der Waals surface area (Å²) in [5.41, 5.74) is 9.28. The smallest absolute Gasteiger partial charge is 0.0183 e. The Kier molecular flexibility index (Phi) is 4.09. The van der Waals surface area contributed by atoms with Crippen molar-refractivity contribution in [2.24, 2.45) is 0 Å². The normalized spacial score (nSPS) is 10.6. The number of rotatable bonds is 1. The third kappa shape index (κ3) is 2.10. The Labute approximate surface area is 131 Å². The Morgan fingerprint density at radius 2 is 1.45 bits per heavy atom. The van der Waals surface area contributed by atoms with E-state index in [-0.39, 0.29) is 17.4 Å². The van der Waals surface area contributed by atoms with E-state index in [0.29, 0.717) is 0 Å². The number of fused-ring (bicyclic) bond motifs is 1. The third-order valence-electron chi connectivity index (χ3n) is 4.34. The van der Waals surface area contributed by atoms with Gasteiger partial charge >= 0.3 is 0 Å². The summed E-state index contributed by atoms with van der Waals surface area (Å²) in [6, 6.07) is 10.5. The van der Waals surface area contributed by atoms with Crippen molar-refractivity contribution < 1.29 is 17.4 Å². The molecule has 0 fully saturated rings. The Morgan fingerprint density at radius 3 is 2.10 bits per heavy atom. The predicted molar refractivity (Wildman–Crippen MR) is 81.7 cm³/mol. The van der Waals surface area contributed by atoms with Gasteiger partial charge in [-0.3, -0.25) is 4.98 Å². The van der Waals surface area contributed by atoms with E-state index in [9.17, 15) is 0 Å². The molecule has 0 aliphatic carbocycles. The molecule has 1 nitrogen and oxygen atoms in total. The van der Waals surface area contributed by atoms with Gasteiger partial charge in [-0.1, -0.05) is 57.0 Å². The largest absolute Gasteiger partial charge is 0.294 e. The predicted octanol–water partition coefficient (Wildman–Crippen LogP) is 4.85. The first-order valence-electron chi connectivity index (χ1n) is 6.68. The molecule has 1 aromatic heterocycles. The molecule has 0 bridgehead atoms. The molecule has 2 heteroatoms. The SMILES string of the molecule is Cc1c(C)c(C)[c-](-c2cccc3cccnc23)c1C.[Cr]. The van der Waals surface area contributed by atoms with Crippen LogP contribution in [-0.2, 0) is 17.4 Å². The van der Waals surface area contributed by atoms with Gasteiger partial charge in [0.05, 0.1) is 0 Å². The maximum Gasteiger partial charge on any atom is 0.0183 e. The van der Waals surface area contributed by atoms with Gasteiger partial charge in [-0.05, 0) is 11.5 Å². The van der Waals surface area contributed by atoms with E-state index >= 15 is 0 Å². The fraction of sp³-hybridized carbons (Fsp3) is 0.222. The number of para-hydroxylation sites is 1. The average molecular weight is 300 g/mol. The summed E-state index contributed by atoms with van der Waals surface area (Å²) < 4.78 is 0. The van der Waals surface area contributed by atoms with Gasteiger partial charge in [0, 0.05) is 29.1 Å². The van der Waals surface area contributed by atoms with Crippen LogP contribution < -0.4 is 0 Å². The zero-order valence-electron chi connectivity index (χ0n) is 12.3. The van der Waals surface area contributed by atoms with Gasteiger partial charge in [0.25, 0.3) is 0 Å². The molecule has 0 atom stereocenters. The van der Waals surface area contributed by atoms with Crippen LogP contribution in [0.15, 0.2) is 36.5 Å². The van der Waals surface area contributed by atoms with Crippen LogP contribution in [0.4, 0.5) is 0 Å². The molecule has 0 saturated heterocycles. The number of hydrogen-bond donors (Lipinski definition) is 0. The summed E-state index contributed by atoms with van der Waals surface area (Å²) in [7, 11) is 0. The Balaban J connectivity index is 0.00000147. The van der Waals surface area contributed by atoms with E-state index in [1.165, 1.54) is 38.8 Å². The molecule has 102 valence electrons. The molecule has 0 unspecified atom stereocenters. The van der Waals surface area contributed by atoms with Gasteiger partial charge in [0.15, 0.2) is 0 Å². The van der Waals surface area contributed by atoms with Crippen molar-refractivity contribution in [2.45, 2.75) is 27.7 Å². The first-order chi connectivity index (χ1) is 9.11. The Bertz CT molecular complexity index is 738. The van der Waals surface area contributed by atoms with Gasteiger partial charge in [-0.15, -0.1) is 28.3 Å². The molecule has 20 heavy (non-hydrogen) atoms. The fourth-order valence-corrected chi connectivity index (χ4v) is 2.93. The molecular weight excluding hydrogens is 282 g/mol. The van der Waals surface area contributed by atoms with Crippen LogP contribution in [0.2, 0.25) is 0 Å². The van der Waals surface area contributed by atoms with Crippen molar-refractivity contribution in [3.8, 4) is 11.1 Å². The molecule has 0 spiro atoms. The topological polar surface area (TPSA) is 12.9 Å². The first kappa shape index (κ1) is 14.9. The van der Waals surface area contributed by atoms with Gasteiger partial charge in [-0.2, -0.15) is 0 Å². The van der Waals surface area contributed by atoms with Crippen LogP contribution in [0.1, 0.15) is 22.3 Å². The van der Waals surface area contributed by atoms with Crippen LogP contribution in [0, 0.1) is 27.7 Å². The maximum atomic E-state index is 4.58. The van der Waals surface area contributed by atoms with E-state index in [2.05, 4.69) is 56.9 Å². The summed E-state index contributed by atoms with van der Waals surface area (Å²) in [5, 5.41) is 1.20. The minimum absolute atomic E-state index is 0. The summed E-state index contributed by atoms with van der Waals surface area (Å²) >= 11 is 0. The van der Waals surface area contributed by atoms with Gasteiger partial charge < -0.3 is 0 Å². The van der Waals surface area contributed by atoms with E-state index < -0.39 is 0 Å². The second-order valence-corrected chi connectivity index (χ2v) is 5.26. The van der Waals surface area contributed by atoms with Crippen molar-refractivity contribution >= 4 is 10.9 Å². The summed E-state index contributed by atoms with van der Waals surface area (Å²) in [6.45, 7) is 8.85. The number of aromatic nitrogens is 1. The molecule has 3 aromatic rings. The molecule has 0 radical (unpaired) electrons. The zero-order chi connectivity index (χ0) is 13.6. The molecular formula is C18H18CrN-. The Hall–Kier alpha value is -1.49. The van der Waals surface area contributed by atoms with E-state index in [1.54, 1.807) is 0 Å². The molecule has 0 saturated carbocycles.